The SMILES string of the molecule is CCOC(=O)c1ccc2nc(C)c(C)c(OS(=O)(=O)C(F)(F)F)c2c1. The molecule has 10 heteroatoms. The Bertz CT molecular complexity index is 938. The van der Waals surface area contributed by atoms with Crippen LogP contribution in [0.1, 0.15) is 28.5 Å². The van der Waals surface area contributed by atoms with Crippen molar-refractivity contribution in [2.45, 2.75) is 26.3 Å². The van der Waals surface area contributed by atoms with Gasteiger partial charge in [-0.05, 0) is 39.0 Å². The number of carbonyl (C=O) groups excluding carboxylic acids is 1. The largest absolute Gasteiger partial charge is 0.534 e. The van der Waals surface area contributed by atoms with Crippen LogP contribution < -0.4 is 4.18 Å². The van der Waals surface area contributed by atoms with Gasteiger partial charge in [-0.15, -0.1) is 0 Å². The summed E-state index contributed by atoms with van der Waals surface area (Å²) in [4.78, 5) is 16.0. The number of aromatic nitrogens is 1. The molecular weight excluding hydrogens is 363 g/mol. The molecule has 0 amide bonds. The fraction of sp³-hybridized carbons (Fsp3) is 0.333. The van der Waals surface area contributed by atoms with Crippen molar-refractivity contribution in [3.8, 4) is 5.75 Å². The van der Waals surface area contributed by atoms with E-state index in [1.165, 1.54) is 32.0 Å². The van der Waals surface area contributed by atoms with Gasteiger partial charge in [0.1, 0.15) is 0 Å². The summed E-state index contributed by atoms with van der Waals surface area (Å²) in [6.45, 7) is 4.58. The van der Waals surface area contributed by atoms with Crippen molar-refractivity contribution in [2.24, 2.45) is 0 Å². The zero-order chi connectivity index (χ0) is 19.0. The number of esters is 1. The second-order valence-corrected chi connectivity index (χ2v) is 6.62. The number of benzene rings is 1. The summed E-state index contributed by atoms with van der Waals surface area (Å²) in [5.41, 5.74) is -4.95. The molecular formula is C15H14F3NO5S. The Morgan fingerprint density at radius 3 is 2.44 bits per heavy atom. The van der Waals surface area contributed by atoms with Crippen LogP contribution in [0.4, 0.5) is 13.2 Å². The van der Waals surface area contributed by atoms with E-state index in [0.717, 1.165) is 0 Å². The van der Waals surface area contributed by atoms with Gasteiger partial charge in [0.25, 0.3) is 0 Å². The molecule has 1 aromatic heterocycles. The zero-order valence-electron chi connectivity index (χ0n) is 13.5. The highest BCUT2D eigenvalue weighted by Crippen LogP contribution is 2.35. The van der Waals surface area contributed by atoms with Crippen molar-refractivity contribution in [2.75, 3.05) is 6.61 Å². The Hall–Kier alpha value is -2.36. The number of ether oxygens (including phenoxy) is 1. The number of fused-ring (bicyclic) bond motifs is 1. The number of hydrogen-bond acceptors (Lipinski definition) is 6. The maximum Gasteiger partial charge on any atom is 0.534 e. The van der Waals surface area contributed by atoms with Crippen molar-refractivity contribution >= 4 is 27.0 Å². The lowest BCUT2D eigenvalue weighted by atomic mass is 10.1. The number of rotatable bonds is 4. The molecule has 0 saturated carbocycles. The highest BCUT2D eigenvalue weighted by atomic mass is 32.2. The first-order valence-electron chi connectivity index (χ1n) is 7.06. The molecule has 1 heterocycles. The molecule has 25 heavy (non-hydrogen) atoms. The molecule has 0 spiro atoms. The molecule has 0 unspecified atom stereocenters. The van der Waals surface area contributed by atoms with Crippen molar-refractivity contribution in [1.29, 1.82) is 0 Å². The topological polar surface area (TPSA) is 82.6 Å². The van der Waals surface area contributed by atoms with E-state index in [4.69, 9.17) is 4.74 Å². The average molecular weight is 377 g/mol. The van der Waals surface area contributed by atoms with E-state index in [0.29, 0.717) is 5.69 Å². The van der Waals surface area contributed by atoms with Crippen molar-refractivity contribution in [3.63, 3.8) is 0 Å². The van der Waals surface area contributed by atoms with Crippen molar-refractivity contribution < 1.29 is 35.3 Å². The molecule has 0 N–H and O–H groups in total. The molecule has 0 aliphatic heterocycles. The molecule has 0 aliphatic carbocycles. The standard InChI is InChI=1S/C15H14F3NO5S/c1-4-23-14(20)10-5-6-12-11(7-10)13(8(2)9(3)19-12)24-25(21,22)15(16,17)18/h5-7H,4H2,1-3H3. The van der Waals surface area contributed by atoms with Gasteiger partial charge in [-0.1, -0.05) is 0 Å². The Kier molecular flexibility index (Phi) is 4.94. The van der Waals surface area contributed by atoms with E-state index in [-0.39, 0.29) is 28.6 Å². The Balaban J connectivity index is 2.70. The minimum atomic E-state index is -5.87. The third kappa shape index (κ3) is 3.68. The second-order valence-electron chi connectivity index (χ2n) is 5.09. The molecule has 1 aromatic carbocycles. The number of carbonyl (C=O) groups is 1. The number of pyridine rings is 1. The van der Waals surface area contributed by atoms with Crippen LogP contribution in [0.25, 0.3) is 10.9 Å². The van der Waals surface area contributed by atoms with Gasteiger partial charge in [0.2, 0.25) is 0 Å². The molecule has 6 nitrogen and oxygen atoms in total. The monoisotopic (exact) mass is 377 g/mol. The number of nitrogens with zero attached hydrogens (tertiary/aromatic N) is 1. The number of aryl methyl sites for hydroxylation is 1. The number of alkyl halides is 3. The summed E-state index contributed by atoms with van der Waals surface area (Å²) in [6, 6.07) is 3.94. The number of hydrogen-bond donors (Lipinski definition) is 0. The predicted octanol–water partition coefficient (Wildman–Crippen LogP) is 3.26. The van der Waals surface area contributed by atoms with Crippen LogP contribution in [-0.4, -0.2) is 31.5 Å². The Morgan fingerprint density at radius 1 is 1.24 bits per heavy atom. The lowest BCUT2D eigenvalue weighted by Crippen LogP contribution is -2.28. The minimum Gasteiger partial charge on any atom is -0.462 e. The fourth-order valence-electron chi connectivity index (χ4n) is 2.05. The van der Waals surface area contributed by atoms with Crippen LogP contribution in [0.3, 0.4) is 0 Å². The van der Waals surface area contributed by atoms with E-state index >= 15 is 0 Å². The van der Waals surface area contributed by atoms with Gasteiger partial charge in [-0.3, -0.25) is 4.98 Å². The molecule has 0 aliphatic rings. The van der Waals surface area contributed by atoms with Crippen molar-refractivity contribution in [1.82, 2.24) is 4.98 Å². The maximum atomic E-state index is 12.7. The van der Waals surface area contributed by atoms with Gasteiger partial charge < -0.3 is 8.92 Å². The van der Waals surface area contributed by atoms with Gasteiger partial charge in [0.15, 0.2) is 5.75 Å². The first kappa shape index (κ1) is 19.0. The van der Waals surface area contributed by atoms with E-state index < -0.39 is 27.3 Å². The molecule has 0 fully saturated rings. The maximum absolute atomic E-state index is 12.7. The zero-order valence-corrected chi connectivity index (χ0v) is 14.3. The third-order valence-corrected chi connectivity index (χ3v) is 4.35. The summed E-state index contributed by atoms with van der Waals surface area (Å²) in [5, 5.41) is -0.0403. The molecule has 0 bridgehead atoms. The molecule has 0 saturated heterocycles. The lowest BCUT2D eigenvalue weighted by molar-refractivity contribution is -0.0499. The van der Waals surface area contributed by atoms with Crippen LogP contribution in [0.5, 0.6) is 5.75 Å². The normalized spacial score (nSPS) is 12.2. The van der Waals surface area contributed by atoms with Gasteiger partial charge in [0.05, 0.1) is 17.7 Å². The lowest BCUT2D eigenvalue weighted by Gasteiger charge is -2.15. The van der Waals surface area contributed by atoms with Gasteiger partial charge in [-0.25, -0.2) is 4.79 Å². The van der Waals surface area contributed by atoms with Crippen LogP contribution in [0, 0.1) is 13.8 Å². The van der Waals surface area contributed by atoms with E-state index in [9.17, 15) is 26.4 Å². The van der Waals surface area contributed by atoms with Crippen LogP contribution >= 0.6 is 0 Å². The molecule has 0 atom stereocenters. The molecule has 2 rings (SSSR count). The highest BCUT2D eigenvalue weighted by Gasteiger charge is 2.49. The van der Waals surface area contributed by atoms with E-state index in [2.05, 4.69) is 9.17 Å². The predicted molar refractivity (Wildman–Crippen MR) is 82.8 cm³/mol. The van der Waals surface area contributed by atoms with Crippen LogP contribution in [-0.2, 0) is 14.9 Å². The summed E-state index contributed by atoms with van der Waals surface area (Å²) in [7, 11) is -5.87. The highest BCUT2D eigenvalue weighted by molar-refractivity contribution is 7.88. The summed E-state index contributed by atoms with van der Waals surface area (Å²) in [5.74, 6) is -1.22. The Labute approximate surface area is 141 Å². The second kappa shape index (κ2) is 6.51. The third-order valence-electron chi connectivity index (χ3n) is 3.40. The number of halogens is 3. The van der Waals surface area contributed by atoms with Crippen LogP contribution in [0.15, 0.2) is 18.2 Å². The fourth-order valence-corrected chi connectivity index (χ4v) is 2.58. The van der Waals surface area contributed by atoms with E-state index in [1.807, 2.05) is 0 Å². The molecule has 136 valence electrons. The summed E-state index contributed by atoms with van der Waals surface area (Å²) >= 11 is 0. The summed E-state index contributed by atoms with van der Waals surface area (Å²) in [6.07, 6.45) is 0. The van der Waals surface area contributed by atoms with Crippen LogP contribution in [0.2, 0.25) is 0 Å². The van der Waals surface area contributed by atoms with E-state index in [1.54, 1.807) is 6.92 Å². The smallest absolute Gasteiger partial charge is 0.462 e. The average Bonchev–Trinajstić information content (AvgIpc) is 2.50. The van der Waals surface area contributed by atoms with Gasteiger partial charge >= 0.3 is 21.6 Å². The molecule has 2 aromatic rings. The van der Waals surface area contributed by atoms with Gasteiger partial charge in [0, 0.05) is 16.6 Å². The van der Waals surface area contributed by atoms with Crippen molar-refractivity contribution in [3.05, 3.63) is 35.0 Å². The van der Waals surface area contributed by atoms with Gasteiger partial charge in [-0.2, -0.15) is 21.6 Å². The summed E-state index contributed by atoms with van der Waals surface area (Å²) < 4.78 is 69.9. The quantitative estimate of drug-likeness (QED) is 0.462. The molecule has 0 radical (unpaired) electrons. The first-order valence-corrected chi connectivity index (χ1v) is 8.47. The minimum absolute atomic E-state index is 0.0358. The first-order chi connectivity index (χ1) is 11.5. The Morgan fingerprint density at radius 2 is 1.88 bits per heavy atom.